The molecule has 2 heterocycles. The molecule has 8 nitrogen and oxygen atoms in total. The minimum Gasteiger partial charge on any atom is -0.507 e. The molecular formula is C30H37N3O5. The summed E-state index contributed by atoms with van der Waals surface area (Å²) in [6.45, 7) is 10.2. The number of carbonyl (C=O) groups excluding carboxylic acids is 2. The van der Waals surface area contributed by atoms with E-state index < -0.39 is 17.7 Å². The summed E-state index contributed by atoms with van der Waals surface area (Å²) in [6.07, 6.45) is 2.37. The molecule has 0 bridgehead atoms. The van der Waals surface area contributed by atoms with Gasteiger partial charge in [-0.15, -0.1) is 0 Å². The first-order chi connectivity index (χ1) is 18.3. The van der Waals surface area contributed by atoms with Crippen molar-refractivity contribution in [3.63, 3.8) is 0 Å². The number of rotatable bonds is 10. The van der Waals surface area contributed by atoms with Crippen LogP contribution in [0.25, 0.3) is 5.76 Å². The zero-order valence-electron chi connectivity index (χ0n) is 22.5. The van der Waals surface area contributed by atoms with Gasteiger partial charge < -0.3 is 24.4 Å². The summed E-state index contributed by atoms with van der Waals surface area (Å²) in [6, 6.07) is 12.4. The summed E-state index contributed by atoms with van der Waals surface area (Å²) in [7, 11) is 3.91. The Kier molecular flexibility index (Phi) is 8.86. The van der Waals surface area contributed by atoms with Crippen molar-refractivity contribution < 1.29 is 24.2 Å². The van der Waals surface area contributed by atoms with Crippen molar-refractivity contribution in [1.82, 2.24) is 9.80 Å². The van der Waals surface area contributed by atoms with Gasteiger partial charge >= 0.3 is 0 Å². The Hall–Kier alpha value is -3.62. The second kappa shape index (κ2) is 12.3. The molecule has 0 aliphatic carbocycles. The van der Waals surface area contributed by atoms with E-state index in [-0.39, 0.29) is 11.3 Å². The van der Waals surface area contributed by atoms with Crippen LogP contribution in [0.1, 0.15) is 29.2 Å². The SMILES string of the molecule is C=CCOc1ccc(C(O)=C2C(=O)C(=O)N(CCCN3CCOCC3)[C@H]2c2ccc(N(C)C)cc2)c(C)c1. The average Bonchev–Trinajstić information content (AvgIpc) is 3.17. The van der Waals surface area contributed by atoms with Crippen LogP contribution in [0.15, 0.2) is 60.7 Å². The molecule has 0 saturated carbocycles. The van der Waals surface area contributed by atoms with Gasteiger partial charge in [0.1, 0.15) is 18.1 Å². The molecule has 4 rings (SSSR count). The maximum atomic E-state index is 13.4. The number of aliphatic hydroxyl groups excluding tert-OH is 1. The minimum absolute atomic E-state index is 0.113. The maximum Gasteiger partial charge on any atom is 0.295 e. The topological polar surface area (TPSA) is 82.5 Å². The molecule has 0 spiro atoms. The third-order valence-corrected chi connectivity index (χ3v) is 7.06. The molecule has 0 aromatic heterocycles. The van der Waals surface area contributed by atoms with Crippen LogP contribution in [0.3, 0.4) is 0 Å². The summed E-state index contributed by atoms with van der Waals surface area (Å²) in [5.74, 6) is -0.785. The highest BCUT2D eigenvalue weighted by atomic mass is 16.5. The number of morpholine rings is 1. The molecule has 0 unspecified atom stereocenters. The molecule has 2 aromatic rings. The summed E-state index contributed by atoms with van der Waals surface area (Å²) < 4.78 is 11.0. The van der Waals surface area contributed by atoms with Gasteiger partial charge in [0.15, 0.2) is 0 Å². The summed E-state index contributed by atoms with van der Waals surface area (Å²) in [5.41, 5.74) is 3.14. The molecule has 1 atom stereocenters. The molecule has 1 amide bonds. The fraction of sp³-hybridized carbons (Fsp3) is 0.400. The first-order valence-corrected chi connectivity index (χ1v) is 13.0. The van der Waals surface area contributed by atoms with Crippen LogP contribution in [0.4, 0.5) is 5.69 Å². The largest absolute Gasteiger partial charge is 0.507 e. The molecule has 2 aliphatic rings. The molecule has 0 radical (unpaired) electrons. The number of hydrogen-bond donors (Lipinski definition) is 1. The molecule has 202 valence electrons. The lowest BCUT2D eigenvalue weighted by Gasteiger charge is -2.29. The third-order valence-electron chi connectivity index (χ3n) is 7.06. The predicted molar refractivity (Wildman–Crippen MR) is 149 cm³/mol. The van der Waals surface area contributed by atoms with Crippen LogP contribution < -0.4 is 9.64 Å². The number of carbonyl (C=O) groups is 2. The van der Waals surface area contributed by atoms with E-state index in [1.165, 1.54) is 0 Å². The van der Waals surface area contributed by atoms with Crippen molar-refractivity contribution in [2.24, 2.45) is 0 Å². The number of aryl methyl sites for hydroxylation is 1. The third kappa shape index (κ3) is 5.92. The van der Waals surface area contributed by atoms with Gasteiger partial charge in [-0.1, -0.05) is 24.8 Å². The fourth-order valence-electron chi connectivity index (χ4n) is 4.99. The number of amides is 1. The van der Waals surface area contributed by atoms with E-state index in [1.807, 2.05) is 50.2 Å². The zero-order chi connectivity index (χ0) is 27.2. The predicted octanol–water partition coefficient (Wildman–Crippen LogP) is 3.77. The van der Waals surface area contributed by atoms with Crippen molar-refractivity contribution in [2.45, 2.75) is 19.4 Å². The first-order valence-electron chi connectivity index (χ1n) is 13.0. The van der Waals surface area contributed by atoms with E-state index in [0.29, 0.717) is 44.1 Å². The van der Waals surface area contributed by atoms with Crippen LogP contribution in [-0.2, 0) is 14.3 Å². The normalized spacial score (nSPS) is 19.6. The van der Waals surface area contributed by atoms with Crippen molar-refractivity contribution in [1.29, 1.82) is 0 Å². The first kappa shape index (κ1) is 27.4. The number of benzene rings is 2. The number of nitrogens with zero attached hydrogens (tertiary/aromatic N) is 3. The van der Waals surface area contributed by atoms with Crippen molar-refractivity contribution in [3.05, 3.63) is 77.4 Å². The van der Waals surface area contributed by atoms with Gasteiger partial charge in [-0.25, -0.2) is 0 Å². The molecule has 1 N–H and O–H groups in total. The highest BCUT2D eigenvalue weighted by molar-refractivity contribution is 6.46. The molecule has 2 saturated heterocycles. The summed E-state index contributed by atoms with van der Waals surface area (Å²) in [5, 5.41) is 11.5. The molecule has 38 heavy (non-hydrogen) atoms. The van der Waals surface area contributed by atoms with Gasteiger partial charge in [-0.2, -0.15) is 0 Å². The van der Waals surface area contributed by atoms with Crippen LogP contribution in [0, 0.1) is 6.92 Å². The molecule has 8 heteroatoms. The van der Waals surface area contributed by atoms with Crippen LogP contribution in [0.2, 0.25) is 0 Å². The number of likely N-dealkylation sites (tertiary alicyclic amines) is 1. The van der Waals surface area contributed by atoms with Gasteiger partial charge in [0.25, 0.3) is 11.7 Å². The fourth-order valence-corrected chi connectivity index (χ4v) is 4.99. The van der Waals surface area contributed by atoms with Crippen LogP contribution >= 0.6 is 0 Å². The van der Waals surface area contributed by atoms with Gasteiger partial charge in [-0.3, -0.25) is 14.5 Å². The van der Waals surface area contributed by atoms with E-state index >= 15 is 0 Å². The Labute approximate surface area is 224 Å². The van der Waals surface area contributed by atoms with Crippen LogP contribution in [0.5, 0.6) is 5.75 Å². The smallest absolute Gasteiger partial charge is 0.295 e. The van der Waals surface area contributed by atoms with E-state index in [9.17, 15) is 14.7 Å². The molecular weight excluding hydrogens is 482 g/mol. The number of ketones is 1. The second-order valence-corrected chi connectivity index (χ2v) is 9.86. The highest BCUT2D eigenvalue weighted by Gasteiger charge is 2.46. The standard InChI is InChI=1S/C30H37N3O5/c1-5-17-38-24-11-12-25(21(2)20-24)28(34)26-27(22-7-9-23(10-8-22)31(3)4)33(30(36)29(26)35)14-6-13-32-15-18-37-19-16-32/h5,7-12,20,27,34H,1,6,13-19H2,2-4H3/t27-/m0/s1. The van der Waals surface area contributed by atoms with Crippen LogP contribution in [-0.4, -0.2) is 86.7 Å². The number of ether oxygens (including phenoxy) is 2. The summed E-state index contributed by atoms with van der Waals surface area (Å²) >= 11 is 0. The summed E-state index contributed by atoms with van der Waals surface area (Å²) in [4.78, 5) is 32.6. The Morgan fingerprint density at radius 1 is 1.13 bits per heavy atom. The zero-order valence-corrected chi connectivity index (χ0v) is 22.5. The molecule has 2 fully saturated rings. The van der Waals surface area contributed by atoms with Crippen molar-refractivity contribution in [2.75, 3.05) is 65.0 Å². The monoisotopic (exact) mass is 519 g/mol. The number of Topliss-reactive ketones (excluding diaryl/α,β-unsaturated/α-hetero) is 1. The maximum absolute atomic E-state index is 13.4. The number of anilines is 1. The molecule has 2 aliphatic heterocycles. The second-order valence-electron chi connectivity index (χ2n) is 9.86. The van der Waals surface area contributed by atoms with E-state index in [2.05, 4.69) is 11.5 Å². The van der Waals surface area contributed by atoms with Gasteiger partial charge in [-0.05, 0) is 54.8 Å². The van der Waals surface area contributed by atoms with E-state index in [4.69, 9.17) is 9.47 Å². The van der Waals surface area contributed by atoms with Gasteiger partial charge in [0.05, 0.1) is 24.8 Å². The lowest BCUT2D eigenvalue weighted by atomic mass is 9.93. The van der Waals surface area contributed by atoms with Crippen molar-refractivity contribution >= 4 is 23.1 Å². The Morgan fingerprint density at radius 2 is 1.84 bits per heavy atom. The highest BCUT2D eigenvalue weighted by Crippen LogP contribution is 2.40. The Bertz CT molecular complexity index is 1200. The van der Waals surface area contributed by atoms with Gasteiger partial charge in [0.2, 0.25) is 0 Å². The lowest BCUT2D eigenvalue weighted by Crippen LogP contribution is -2.38. The number of aliphatic hydroxyl groups is 1. The molecule has 2 aromatic carbocycles. The quantitative estimate of drug-likeness (QED) is 0.221. The van der Waals surface area contributed by atoms with Gasteiger partial charge in [0, 0.05) is 51.5 Å². The van der Waals surface area contributed by atoms with E-state index in [0.717, 1.165) is 36.4 Å². The van der Waals surface area contributed by atoms with Crippen molar-refractivity contribution in [3.8, 4) is 5.75 Å². The number of hydrogen-bond acceptors (Lipinski definition) is 7. The average molecular weight is 520 g/mol. The Balaban J connectivity index is 1.69. The minimum atomic E-state index is -0.674. The Morgan fingerprint density at radius 3 is 2.47 bits per heavy atom. The lowest BCUT2D eigenvalue weighted by molar-refractivity contribution is -0.140. The van der Waals surface area contributed by atoms with E-state index in [1.54, 1.807) is 29.2 Å².